The zero-order valence-corrected chi connectivity index (χ0v) is 30.3. The van der Waals surface area contributed by atoms with E-state index in [0.717, 1.165) is 31.2 Å². The summed E-state index contributed by atoms with van der Waals surface area (Å²) in [5.41, 5.74) is 3.45. The van der Waals surface area contributed by atoms with E-state index in [4.69, 9.17) is 14.2 Å². The van der Waals surface area contributed by atoms with Crippen LogP contribution < -0.4 is 9.47 Å². The van der Waals surface area contributed by atoms with Gasteiger partial charge >= 0.3 is 5.97 Å². The number of ether oxygens (including phenoxy) is 3. The Labute approximate surface area is 279 Å². The molecule has 4 fully saturated rings. The highest BCUT2D eigenvalue weighted by atomic mass is 16.5. The number of fused-ring (bicyclic) bond motifs is 6. The molecule has 1 aromatic rings. The predicted octanol–water partition coefficient (Wildman–Crippen LogP) is 9.34. The molecular formula is C41H62O5. The van der Waals surface area contributed by atoms with Crippen LogP contribution in [0.15, 0.2) is 29.8 Å². The average molecular weight is 635 g/mol. The minimum atomic E-state index is -0.182. The summed E-state index contributed by atoms with van der Waals surface area (Å²) in [6.07, 6.45) is 15.1. The van der Waals surface area contributed by atoms with Gasteiger partial charge < -0.3 is 19.3 Å². The van der Waals surface area contributed by atoms with Gasteiger partial charge in [-0.25, -0.2) is 0 Å². The summed E-state index contributed by atoms with van der Waals surface area (Å²) in [5.74, 6) is 3.68. The first-order valence-electron chi connectivity index (χ1n) is 18.4. The molecule has 5 aliphatic carbocycles. The van der Waals surface area contributed by atoms with Crippen LogP contribution in [0.3, 0.4) is 0 Å². The number of carbonyl (C=O) groups excluding carboxylic acids is 1. The van der Waals surface area contributed by atoms with Crippen molar-refractivity contribution in [3.05, 3.63) is 35.4 Å². The number of hydrogen-bond acceptors (Lipinski definition) is 5. The zero-order chi connectivity index (χ0) is 33.3. The Bertz CT molecular complexity index is 1340. The molecule has 0 heterocycles. The second-order valence-corrected chi connectivity index (χ2v) is 18.0. The lowest BCUT2D eigenvalue weighted by Crippen LogP contribution is -2.58. The smallest absolute Gasteiger partial charge is 0.306 e. The molecule has 0 bridgehead atoms. The molecular weight excluding hydrogens is 572 g/mol. The summed E-state index contributed by atoms with van der Waals surface area (Å²) in [6, 6.07) is 5.86. The number of aryl methyl sites for hydroxylation is 1. The van der Waals surface area contributed by atoms with Crippen molar-refractivity contribution >= 4 is 5.97 Å². The van der Waals surface area contributed by atoms with Crippen molar-refractivity contribution in [1.29, 1.82) is 0 Å². The van der Waals surface area contributed by atoms with Crippen molar-refractivity contribution in [2.24, 2.45) is 50.7 Å². The monoisotopic (exact) mass is 634 g/mol. The normalized spacial score (nSPS) is 41.0. The van der Waals surface area contributed by atoms with Gasteiger partial charge in [0, 0.05) is 11.8 Å². The summed E-state index contributed by atoms with van der Waals surface area (Å²) in [5, 5.41) is 11.0. The number of allylic oxidation sites excluding steroid dienone is 2. The molecule has 4 saturated carbocycles. The Morgan fingerprint density at radius 1 is 0.783 bits per heavy atom. The van der Waals surface area contributed by atoms with Gasteiger partial charge in [-0.1, -0.05) is 66.2 Å². The van der Waals surface area contributed by atoms with Gasteiger partial charge in [0.15, 0.2) is 11.5 Å². The van der Waals surface area contributed by atoms with Gasteiger partial charge in [0.25, 0.3) is 0 Å². The van der Waals surface area contributed by atoms with Gasteiger partial charge in [0.05, 0.1) is 20.3 Å². The molecule has 9 atom stereocenters. The third-order valence-electron chi connectivity index (χ3n) is 15.1. The van der Waals surface area contributed by atoms with E-state index in [2.05, 4.69) is 54.5 Å². The minimum absolute atomic E-state index is 0.0149. The molecule has 0 aromatic heterocycles. The molecule has 256 valence electrons. The van der Waals surface area contributed by atoms with Crippen molar-refractivity contribution in [2.45, 2.75) is 138 Å². The standard InChI is InChI=1S/C41H62O5/c1-37(2)32-18-21-39(5)25-27-12-15-31-38(3,4)35(46-36(43)17-11-26-10-14-29(44-8)30(24-26)45-9)20-23-40(31,6)28(27)13-16-33(39)41(32,7)22-19-34(37)42/h10,14,24-25,28,31-35,42H,11-13,15-23H2,1-9H3/t28-,31-,32-,33-,34-,35-,39-,40+,41-/m0/s1. The largest absolute Gasteiger partial charge is 0.493 e. The van der Waals surface area contributed by atoms with E-state index < -0.39 is 0 Å². The molecule has 0 unspecified atom stereocenters. The topological polar surface area (TPSA) is 65.0 Å². The number of methoxy groups -OCH3 is 2. The molecule has 0 aliphatic heterocycles. The van der Waals surface area contributed by atoms with Crippen molar-refractivity contribution < 1.29 is 24.1 Å². The molecule has 0 amide bonds. The molecule has 46 heavy (non-hydrogen) atoms. The van der Waals surface area contributed by atoms with Crippen LogP contribution in [0.2, 0.25) is 0 Å². The minimum Gasteiger partial charge on any atom is -0.493 e. The SMILES string of the molecule is COc1ccc(CCC(=O)O[C@H]2CC[C@]3(C)[C@H]4CC[C@@H]5[C@@]6(C)CC[C@H](O)C(C)(C)[C@@H]6CC[C@@]5(C)C=C4CC[C@H]3C2(C)C)cc1OC. The fourth-order valence-corrected chi connectivity index (χ4v) is 12.7. The number of rotatable bonds is 6. The van der Waals surface area contributed by atoms with Crippen molar-refractivity contribution in [2.75, 3.05) is 14.2 Å². The van der Waals surface area contributed by atoms with Crippen molar-refractivity contribution in [3.8, 4) is 11.5 Å². The first kappa shape index (κ1) is 33.9. The van der Waals surface area contributed by atoms with E-state index in [1.807, 2.05) is 18.2 Å². The van der Waals surface area contributed by atoms with Crippen LogP contribution in [0.1, 0.15) is 125 Å². The number of aliphatic hydroxyl groups is 1. The van der Waals surface area contributed by atoms with E-state index in [9.17, 15) is 9.90 Å². The molecule has 1 aromatic carbocycles. The van der Waals surface area contributed by atoms with Crippen LogP contribution >= 0.6 is 0 Å². The molecule has 5 heteroatoms. The predicted molar refractivity (Wildman–Crippen MR) is 184 cm³/mol. The number of hydrogen-bond donors (Lipinski definition) is 1. The molecule has 0 spiro atoms. The third kappa shape index (κ3) is 5.34. The van der Waals surface area contributed by atoms with Crippen LogP contribution in [-0.2, 0) is 16.0 Å². The first-order chi connectivity index (χ1) is 21.6. The van der Waals surface area contributed by atoms with Gasteiger partial charge in [0.2, 0.25) is 0 Å². The highest BCUT2D eigenvalue weighted by molar-refractivity contribution is 5.70. The molecule has 1 N–H and O–H groups in total. The lowest BCUT2D eigenvalue weighted by atomic mass is 9.42. The summed E-state index contributed by atoms with van der Waals surface area (Å²) < 4.78 is 17.2. The van der Waals surface area contributed by atoms with Gasteiger partial charge in [-0.05, 0) is 134 Å². The molecule has 5 nitrogen and oxygen atoms in total. The lowest BCUT2D eigenvalue weighted by molar-refractivity contribution is -0.177. The maximum Gasteiger partial charge on any atom is 0.306 e. The number of carbonyl (C=O) groups is 1. The molecule has 0 saturated heterocycles. The zero-order valence-electron chi connectivity index (χ0n) is 30.3. The van der Waals surface area contributed by atoms with Gasteiger partial charge in [-0.3, -0.25) is 4.79 Å². The fraction of sp³-hybridized carbons (Fsp3) is 0.780. The quantitative estimate of drug-likeness (QED) is 0.250. The Morgan fingerprint density at radius 3 is 2.20 bits per heavy atom. The van der Waals surface area contributed by atoms with Crippen LogP contribution in [0.25, 0.3) is 0 Å². The van der Waals surface area contributed by atoms with Gasteiger partial charge in [0.1, 0.15) is 6.10 Å². The number of aliphatic hydroxyl groups excluding tert-OH is 1. The van der Waals surface area contributed by atoms with E-state index in [-0.39, 0.29) is 45.3 Å². The van der Waals surface area contributed by atoms with Crippen LogP contribution in [0, 0.1) is 50.7 Å². The molecule has 5 aliphatic rings. The van der Waals surface area contributed by atoms with Crippen LogP contribution in [0.4, 0.5) is 0 Å². The lowest BCUT2D eigenvalue weighted by Gasteiger charge is -2.63. The Balaban J connectivity index is 1.16. The summed E-state index contributed by atoms with van der Waals surface area (Å²) in [7, 11) is 3.27. The Kier molecular flexibility index (Phi) is 8.72. The summed E-state index contributed by atoms with van der Waals surface area (Å²) in [6.45, 7) is 17.2. The second-order valence-electron chi connectivity index (χ2n) is 18.0. The van der Waals surface area contributed by atoms with Gasteiger partial charge in [-0.15, -0.1) is 0 Å². The molecule has 6 rings (SSSR count). The summed E-state index contributed by atoms with van der Waals surface area (Å²) in [4.78, 5) is 13.3. The highest BCUT2D eigenvalue weighted by Gasteiger charge is 2.62. The third-order valence-corrected chi connectivity index (χ3v) is 15.1. The first-order valence-corrected chi connectivity index (χ1v) is 18.4. The van der Waals surface area contributed by atoms with Crippen molar-refractivity contribution in [3.63, 3.8) is 0 Å². The summed E-state index contributed by atoms with van der Waals surface area (Å²) >= 11 is 0. The van der Waals surface area contributed by atoms with E-state index in [1.54, 1.807) is 19.8 Å². The van der Waals surface area contributed by atoms with E-state index in [1.165, 1.54) is 38.5 Å². The van der Waals surface area contributed by atoms with Gasteiger partial charge in [-0.2, -0.15) is 0 Å². The van der Waals surface area contributed by atoms with E-state index >= 15 is 0 Å². The maximum atomic E-state index is 13.3. The second kappa shape index (κ2) is 11.8. The van der Waals surface area contributed by atoms with Crippen molar-refractivity contribution in [1.82, 2.24) is 0 Å². The van der Waals surface area contributed by atoms with Crippen LogP contribution in [-0.4, -0.2) is 37.5 Å². The fourth-order valence-electron chi connectivity index (χ4n) is 12.7. The average Bonchev–Trinajstić information content (AvgIpc) is 3.16. The highest BCUT2D eigenvalue weighted by Crippen LogP contribution is 2.69. The number of benzene rings is 1. The van der Waals surface area contributed by atoms with E-state index in [0.29, 0.717) is 48.0 Å². The maximum absolute atomic E-state index is 13.3. The number of esters is 1. The Morgan fingerprint density at radius 2 is 1.48 bits per heavy atom. The Hall–Kier alpha value is -2.01. The van der Waals surface area contributed by atoms with Crippen LogP contribution in [0.5, 0.6) is 11.5 Å². The molecule has 0 radical (unpaired) electrons.